The second-order valence-corrected chi connectivity index (χ2v) is 4.20. The molecule has 20 heavy (non-hydrogen) atoms. The number of fused-ring (bicyclic) bond motifs is 1. The second-order valence-electron chi connectivity index (χ2n) is 4.20. The van der Waals surface area contributed by atoms with Crippen LogP contribution in [0.25, 0.3) is 0 Å². The minimum atomic E-state index is -0.619. The molecule has 3 rings (SSSR count). The Kier molecular flexibility index (Phi) is 2.64. The van der Waals surface area contributed by atoms with Crippen LogP contribution in [0.4, 0.5) is 0 Å². The van der Waals surface area contributed by atoms with Crippen molar-refractivity contribution >= 4 is 17.8 Å². The average molecular weight is 270 g/mol. The van der Waals surface area contributed by atoms with Gasteiger partial charge in [-0.1, -0.05) is 12.1 Å². The van der Waals surface area contributed by atoms with Crippen LogP contribution in [0.1, 0.15) is 31.2 Å². The van der Waals surface area contributed by atoms with Crippen LogP contribution in [-0.4, -0.2) is 29.6 Å². The van der Waals surface area contributed by atoms with E-state index >= 15 is 0 Å². The molecule has 1 aliphatic heterocycles. The van der Waals surface area contributed by atoms with Crippen molar-refractivity contribution < 1.29 is 19.1 Å². The summed E-state index contributed by atoms with van der Waals surface area (Å²) in [5, 5.41) is 0.927. The summed E-state index contributed by atoms with van der Waals surface area (Å²) in [5.74, 6) is -1.55. The summed E-state index contributed by atoms with van der Waals surface area (Å²) < 4.78 is 5.84. The maximum Gasteiger partial charge on any atom is 0.356 e. The Hall–Kier alpha value is -2.89. The molecule has 2 aromatic rings. The van der Waals surface area contributed by atoms with Crippen molar-refractivity contribution in [2.75, 3.05) is 12.1 Å². The van der Waals surface area contributed by atoms with E-state index in [2.05, 4.69) is 4.74 Å². The summed E-state index contributed by atoms with van der Waals surface area (Å²) in [6.45, 7) is 0. The molecule has 2 amide bonds. The number of hydrogen-bond donors (Lipinski definition) is 0. The molecular formula is C14H10N2O4. The number of hydrogen-bond acceptors (Lipinski definition) is 4. The lowest BCUT2D eigenvalue weighted by atomic mass is 10.1. The standard InChI is InChI=1S/C14H10N2O4/c1-20-14(19)11-7-4-8-15(11)16-12(17)9-5-2-3-6-10(9)13(16)18/h2-8H,1H3. The summed E-state index contributed by atoms with van der Waals surface area (Å²) in [6, 6.07) is 9.58. The zero-order valence-electron chi connectivity index (χ0n) is 10.6. The molecule has 2 heterocycles. The van der Waals surface area contributed by atoms with Crippen LogP contribution in [0.15, 0.2) is 42.6 Å². The normalized spacial score (nSPS) is 13.6. The summed E-state index contributed by atoms with van der Waals surface area (Å²) >= 11 is 0. The first-order chi connectivity index (χ1) is 9.65. The molecule has 0 unspecified atom stereocenters. The third kappa shape index (κ3) is 1.55. The maximum absolute atomic E-state index is 12.3. The summed E-state index contributed by atoms with van der Waals surface area (Å²) in [4.78, 5) is 36.2. The lowest BCUT2D eigenvalue weighted by Crippen LogP contribution is -2.41. The molecular weight excluding hydrogens is 260 g/mol. The van der Waals surface area contributed by atoms with E-state index < -0.39 is 17.8 Å². The van der Waals surface area contributed by atoms with Crippen molar-refractivity contribution in [2.24, 2.45) is 0 Å². The molecule has 0 atom stereocenters. The van der Waals surface area contributed by atoms with Crippen LogP contribution in [0.5, 0.6) is 0 Å². The number of amides is 2. The first-order valence-electron chi connectivity index (χ1n) is 5.89. The van der Waals surface area contributed by atoms with Gasteiger partial charge >= 0.3 is 5.97 Å². The van der Waals surface area contributed by atoms with Crippen LogP contribution in [0, 0.1) is 0 Å². The fourth-order valence-electron chi connectivity index (χ4n) is 2.19. The van der Waals surface area contributed by atoms with Crippen molar-refractivity contribution in [1.82, 2.24) is 4.68 Å². The van der Waals surface area contributed by atoms with Crippen molar-refractivity contribution in [2.45, 2.75) is 0 Å². The number of esters is 1. The molecule has 0 N–H and O–H groups in total. The molecule has 0 aliphatic carbocycles. The minimum Gasteiger partial charge on any atom is -0.464 e. The monoisotopic (exact) mass is 270 g/mol. The quantitative estimate of drug-likeness (QED) is 0.607. The number of nitrogens with zero attached hydrogens (tertiary/aromatic N) is 2. The Morgan fingerprint density at radius 3 is 2.15 bits per heavy atom. The Balaban J connectivity index is 2.10. The van der Waals surface area contributed by atoms with Crippen molar-refractivity contribution in [1.29, 1.82) is 0 Å². The fraction of sp³-hybridized carbons (Fsp3) is 0.0714. The second kappa shape index (κ2) is 4.34. The van der Waals surface area contributed by atoms with Crippen LogP contribution >= 0.6 is 0 Å². The van der Waals surface area contributed by atoms with Gasteiger partial charge in [0, 0.05) is 6.20 Å². The van der Waals surface area contributed by atoms with Crippen LogP contribution < -0.4 is 5.01 Å². The van der Waals surface area contributed by atoms with E-state index in [9.17, 15) is 14.4 Å². The molecule has 6 nitrogen and oxygen atoms in total. The number of carbonyl (C=O) groups is 3. The average Bonchev–Trinajstić information content (AvgIpc) is 3.03. The van der Waals surface area contributed by atoms with E-state index in [4.69, 9.17) is 0 Å². The molecule has 1 aromatic carbocycles. The lowest BCUT2D eigenvalue weighted by molar-refractivity contribution is 0.0588. The number of methoxy groups -OCH3 is 1. The highest BCUT2D eigenvalue weighted by molar-refractivity contribution is 6.30. The zero-order chi connectivity index (χ0) is 14.3. The lowest BCUT2D eigenvalue weighted by Gasteiger charge is -2.17. The van der Waals surface area contributed by atoms with E-state index in [0.717, 1.165) is 5.01 Å². The number of ether oxygens (including phenoxy) is 1. The number of carbonyl (C=O) groups excluding carboxylic acids is 3. The minimum absolute atomic E-state index is 0.113. The van der Waals surface area contributed by atoms with Gasteiger partial charge in [0.15, 0.2) is 0 Å². The van der Waals surface area contributed by atoms with Crippen molar-refractivity contribution in [3.63, 3.8) is 0 Å². The smallest absolute Gasteiger partial charge is 0.356 e. The molecule has 100 valence electrons. The zero-order valence-corrected chi connectivity index (χ0v) is 10.6. The molecule has 6 heteroatoms. The molecule has 0 fully saturated rings. The van der Waals surface area contributed by atoms with Gasteiger partial charge in [-0.25, -0.2) is 9.47 Å². The molecule has 1 aliphatic rings. The van der Waals surface area contributed by atoms with Crippen LogP contribution in [-0.2, 0) is 4.74 Å². The summed E-state index contributed by atoms with van der Waals surface area (Å²) in [6.07, 6.45) is 1.47. The van der Waals surface area contributed by atoms with E-state index in [0.29, 0.717) is 11.1 Å². The predicted molar refractivity (Wildman–Crippen MR) is 69.1 cm³/mol. The van der Waals surface area contributed by atoms with Crippen LogP contribution in [0.2, 0.25) is 0 Å². The molecule has 0 saturated heterocycles. The van der Waals surface area contributed by atoms with Gasteiger partial charge in [-0.05, 0) is 24.3 Å². The summed E-state index contributed by atoms with van der Waals surface area (Å²) in [7, 11) is 1.24. The fourth-order valence-corrected chi connectivity index (χ4v) is 2.19. The van der Waals surface area contributed by atoms with Crippen LogP contribution in [0.3, 0.4) is 0 Å². The van der Waals surface area contributed by atoms with E-state index in [1.165, 1.54) is 24.0 Å². The van der Waals surface area contributed by atoms with Gasteiger partial charge in [0.1, 0.15) is 5.69 Å². The van der Waals surface area contributed by atoms with Gasteiger partial charge in [-0.15, -0.1) is 0 Å². The summed E-state index contributed by atoms with van der Waals surface area (Å²) in [5.41, 5.74) is 0.756. The van der Waals surface area contributed by atoms with Gasteiger partial charge in [0.05, 0.1) is 18.2 Å². The van der Waals surface area contributed by atoms with Gasteiger partial charge in [-0.2, -0.15) is 5.01 Å². The Bertz CT molecular complexity index is 697. The highest BCUT2D eigenvalue weighted by Crippen LogP contribution is 2.22. The van der Waals surface area contributed by atoms with Gasteiger partial charge < -0.3 is 4.74 Å². The first-order valence-corrected chi connectivity index (χ1v) is 5.89. The molecule has 1 aromatic heterocycles. The Morgan fingerprint density at radius 2 is 1.60 bits per heavy atom. The molecule has 0 radical (unpaired) electrons. The van der Waals surface area contributed by atoms with E-state index in [1.54, 1.807) is 30.3 Å². The number of rotatable bonds is 2. The Labute approximate surface area is 114 Å². The number of aromatic nitrogens is 1. The Morgan fingerprint density at radius 1 is 1.00 bits per heavy atom. The van der Waals surface area contributed by atoms with Crippen molar-refractivity contribution in [3.8, 4) is 0 Å². The topological polar surface area (TPSA) is 68.6 Å². The van der Waals surface area contributed by atoms with Gasteiger partial charge in [0.2, 0.25) is 0 Å². The van der Waals surface area contributed by atoms with Gasteiger partial charge in [-0.3, -0.25) is 9.59 Å². The largest absolute Gasteiger partial charge is 0.464 e. The highest BCUT2D eigenvalue weighted by atomic mass is 16.5. The van der Waals surface area contributed by atoms with E-state index in [-0.39, 0.29) is 5.69 Å². The molecule has 0 bridgehead atoms. The van der Waals surface area contributed by atoms with Gasteiger partial charge in [0.25, 0.3) is 11.8 Å². The predicted octanol–water partition coefficient (Wildman–Crippen LogP) is 1.21. The highest BCUT2D eigenvalue weighted by Gasteiger charge is 2.37. The molecule has 0 saturated carbocycles. The number of benzene rings is 1. The molecule has 0 spiro atoms. The third-order valence-corrected chi connectivity index (χ3v) is 3.11. The first kappa shape index (κ1) is 12.2. The SMILES string of the molecule is COC(=O)c1cccn1N1C(=O)c2ccccc2C1=O. The van der Waals surface area contributed by atoms with E-state index in [1.807, 2.05) is 0 Å². The van der Waals surface area contributed by atoms with Crippen molar-refractivity contribution in [3.05, 3.63) is 59.4 Å². The third-order valence-electron chi connectivity index (χ3n) is 3.11. The number of imide groups is 1. The maximum atomic E-state index is 12.3.